The molecule has 0 aromatic rings. The van der Waals surface area contributed by atoms with Gasteiger partial charge in [-0.15, -0.1) is 0 Å². The van der Waals surface area contributed by atoms with Gasteiger partial charge in [0.2, 0.25) is 0 Å². The summed E-state index contributed by atoms with van der Waals surface area (Å²) in [7, 11) is -9.94. The molecule has 0 aromatic heterocycles. The Morgan fingerprint density at radius 3 is 0.796 bits per heavy atom. The zero-order chi connectivity index (χ0) is 71.8. The summed E-state index contributed by atoms with van der Waals surface area (Å²) in [6, 6.07) is 0. The van der Waals surface area contributed by atoms with E-state index in [1.165, 1.54) is 148 Å². The van der Waals surface area contributed by atoms with Gasteiger partial charge in [0, 0.05) is 25.7 Å². The predicted molar refractivity (Wildman–Crippen MR) is 400 cm³/mol. The van der Waals surface area contributed by atoms with E-state index in [-0.39, 0.29) is 25.7 Å². The van der Waals surface area contributed by atoms with Crippen LogP contribution >= 0.6 is 15.6 Å². The molecule has 0 aromatic carbocycles. The number of aliphatic hydroxyl groups excluding tert-OH is 1. The van der Waals surface area contributed by atoms with E-state index in [4.69, 9.17) is 37.0 Å². The van der Waals surface area contributed by atoms with Crippen LogP contribution in [0, 0.1) is 0 Å². The topological polar surface area (TPSA) is 237 Å². The van der Waals surface area contributed by atoms with Crippen molar-refractivity contribution in [1.29, 1.82) is 0 Å². The molecule has 0 spiro atoms. The van der Waals surface area contributed by atoms with Gasteiger partial charge in [-0.2, -0.15) is 0 Å². The number of carbonyl (C=O) groups is 4. The van der Waals surface area contributed by atoms with Crippen LogP contribution in [0.4, 0.5) is 0 Å². The van der Waals surface area contributed by atoms with Gasteiger partial charge in [0.1, 0.15) is 19.3 Å². The molecule has 0 aliphatic carbocycles. The van der Waals surface area contributed by atoms with Gasteiger partial charge in [0.05, 0.1) is 26.4 Å². The van der Waals surface area contributed by atoms with Crippen molar-refractivity contribution < 1.29 is 80.2 Å². The molecule has 0 saturated heterocycles. The number of rotatable bonds is 76. The van der Waals surface area contributed by atoms with Crippen molar-refractivity contribution >= 4 is 39.5 Å². The molecule has 0 aliphatic heterocycles. The second-order valence-electron chi connectivity index (χ2n) is 27.0. The summed E-state index contributed by atoms with van der Waals surface area (Å²) < 4.78 is 68.6. The third-order valence-electron chi connectivity index (χ3n) is 17.3. The highest BCUT2D eigenvalue weighted by Crippen LogP contribution is 2.45. The van der Waals surface area contributed by atoms with E-state index in [9.17, 15) is 43.2 Å². The zero-order valence-electron chi connectivity index (χ0n) is 62.7. The molecule has 2 unspecified atom stereocenters. The molecule has 0 aliphatic rings. The van der Waals surface area contributed by atoms with E-state index in [0.717, 1.165) is 148 Å². The monoisotopic (exact) mass is 1430 g/mol. The number of unbranched alkanes of at least 4 members (excludes halogenated alkanes) is 42. The van der Waals surface area contributed by atoms with Crippen molar-refractivity contribution in [3.63, 3.8) is 0 Å². The van der Waals surface area contributed by atoms with E-state index >= 15 is 0 Å². The standard InChI is InChI=1S/C79H146O17P2/c1-5-9-13-17-21-25-29-33-36-40-43-47-51-55-59-63-76(81)89-69-74(95-78(83)65-61-57-53-49-45-39-32-28-24-20-16-12-8-4)71-93-97(85,86)91-67-73(80)68-92-98(87,88)94-72-75(96-79(84)66-62-58-54-50-46-42-38-35-31-27-23-19-15-11-7-3)70-90-77(82)64-60-56-52-48-44-41-37-34-30-26-22-18-14-10-6-2/h21,25-26,30,33,35-36,38,73-75,80H,5-20,22-24,27-29,31-32,34,37,39-72H2,1-4H3,(H,85,86)(H,87,88)/b25-21-,30-26-,36-33-,38-35-/t73-,74-,75-/m1/s1. The fourth-order valence-electron chi connectivity index (χ4n) is 11.1. The highest BCUT2D eigenvalue weighted by atomic mass is 31.2. The average Bonchev–Trinajstić information content (AvgIpc) is 0.959. The molecule has 574 valence electrons. The number of hydrogen-bond acceptors (Lipinski definition) is 15. The molecule has 19 heteroatoms. The molecule has 0 bridgehead atoms. The zero-order valence-corrected chi connectivity index (χ0v) is 64.5. The number of hydrogen-bond donors (Lipinski definition) is 3. The third-order valence-corrected chi connectivity index (χ3v) is 19.2. The van der Waals surface area contributed by atoms with Crippen LogP contribution in [0.3, 0.4) is 0 Å². The molecule has 0 saturated carbocycles. The molecule has 0 radical (unpaired) electrons. The number of aliphatic hydroxyl groups is 1. The van der Waals surface area contributed by atoms with Crippen molar-refractivity contribution in [3.8, 4) is 0 Å². The smallest absolute Gasteiger partial charge is 0.462 e. The van der Waals surface area contributed by atoms with Gasteiger partial charge in [-0.1, -0.05) is 288 Å². The molecule has 0 heterocycles. The van der Waals surface area contributed by atoms with E-state index in [1.54, 1.807) is 0 Å². The Morgan fingerprint density at radius 2 is 0.500 bits per heavy atom. The minimum absolute atomic E-state index is 0.0896. The fraction of sp³-hybridized carbons (Fsp3) is 0.848. The van der Waals surface area contributed by atoms with Crippen LogP contribution in [0.5, 0.6) is 0 Å². The Labute approximate surface area is 597 Å². The van der Waals surface area contributed by atoms with Crippen molar-refractivity contribution in [2.24, 2.45) is 0 Å². The molecule has 0 rings (SSSR count). The van der Waals surface area contributed by atoms with E-state index in [2.05, 4.69) is 76.3 Å². The number of carbonyl (C=O) groups excluding carboxylic acids is 4. The summed E-state index contributed by atoms with van der Waals surface area (Å²) in [5.74, 6) is -2.17. The van der Waals surface area contributed by atoms with Crippen molar-refractivity contribution in [2.75, 3.05) is 39.6 Å². The van der Waals surface area contributed by atoms with Crippen LogP contribution in [0.1, 0.15) is 374 Å². The lowest BCUT2D eigenvalue weighted by atomic mass is 10.0. The Hall–Kier alpha value is -2.98. The first-order valence-electron chi connectivity index (χ1n) is 39.9. The maximum atomic E-state index is 13.1. The number of allylic oxidation sites excluding steroid dienone is 8. The minimum Gasteiger partial charge on any atom is -0.462 e. The highest BCUT2D eigenvalue weighted by Gasteiger charge is 2.30. The van der Waals surface area contributed by atoms with E-state index < -0.39 is 97.5 Å². The van der Waals surface area contributed by atoms with Gasteiger partial charge in [0.15, 0.2) is 12.2 Å². The largest absolute Gasteiger partial charge is 0.472 e. The lowest BCUT2D eigenvalue weighted by Gasteiger charge is -2.21. The molecule has 5 atom stereocenters. The number of ether oxygens (including phenoxy) is 4. The van der Waals surface area contributed by atoms with Crippen LogP contribution in [0.2, 0.25) is 0 Å². The summed E-state index contributed by atoms with van der Waals surface area (Å²) in [6.45, 7) is 4.88. The highest BCUT2D eigenvalue weighted by molar-refractivity contribution is 7.47. The minimum atomic E-state index is -4.97. The van der Waals surface area contributed by atoms with Crippen molar-refractivity contribution in [2.45, 2.75) is 393 Å². The normalized spacial score (nSPS) is 14.2. The first-order chi connectivity index (χ1) is 47.7. The van der Waals surface area contributed by atoms with Gasteiger partial charge < -0.3 is 33.8 Å². The van der Waals surface area contributed by atoms with Crippen LogP contribution in [0.15, 0.2) is 48.6 Å². The molecule has 98 heavy (non-hydrogen) atoms. The Morgan fingerprint density at radius 1 is 0.286 bits per heavy atom. The van der Waals surface area contributed by atoms with Crippen LogP contribution in [0.25, 0.3) is 0 Å². The summed E-state index contributed by atoms with van der Waals surface area (Å²) in [4.78, 5) is 72.9. The Bertz CT molecular complexity index is 2050. The maximum absolute atomic E-state index is 13.1. The van der Waals surface area contributed by atoms with Crippen molar-refractivity contribution in [3.05, 3.63) is 48.6 Å². The first-order valence-corrected chi connectivity index (χ1v) is 42.9. The summed E-state index contributed by atoms with van der Waals surface area (Å²) in [5.41, 5.74) is 0. The van der Waals surface area contributed by atoms with Crippen molar-refractivity contribution in [1.82, 2.24) is 0 Å². The second kappa shape index (κ2) is 72.4. The number of phosphoric acid groups is 2. The average molecular weight is 1430 g/mol. The van der Waals surface area contributed by atoms with Gasteiger partial charge >= 0.3 is 39.5 Å². The Balaban J connectivity index is 5.32. The predicted octanol–water partition coefficient (Wildman–Crippen LogP) is 22.9. The van der Waals surface area contributed by atoms with Gasteiger partial charge in [-0.3, -0.25) is 37.3 Å². The Kier molecular flexibility index (Phi) is 70.2. The first kappa shape index (κ1) is 95.0. The maximum Gasteiger partial charge on any atom is 0.472 e. The summed E-state index contributed by atoms with van der Waals surface area (Å²) in [6.07, 6.45) is 69.4. The summed E-state index contributed by atoms with van der Waals surface area (Å²) in [5, 5.41) is 10.6. The van der Waals surface area contributed by atoms with Crippen LogP contribution in [-0.4, -0.2) is 96.7 Å². The fourth-order valence-corrected chi connectivity index (χ4v) is 12.7. The lowest BCUT2D eigenvalue weighted by Crippen LogP contribution is -2.30. The summed E-state index contributed by atoms with van der Waals surface area (Å²) >= 11 is 0. The number of phosphoric ester groups is 2. The van der Waals surface area contributed by atoms with Gasteiger partial charge in [-0.25, -0.2) is 9.13 Å². The number of esters is 4. The van der Waals surface area contributed by atoms with Gasteiger partial charge in [-0.05, 0) is 109 Å². The molecule has 0 fully saturated rings. The van der Waals surface area contributed by atoms with Crippen LogP contribution < -0.4 is 0 Å². The molecular formula is C79H146O17P2. The van der Waals surface area contributed by atoms with E-state index in [0.29, 0.717) is 25.7 Å². The van der Waals surface area contributed by atoms with Crippen LogP contribution in [-0.2, 0) is 65.4 Å². The SMILES string of the molecule is CCCCC/C=C\C/C=C\CCCCCCCC(=O)OC[C@H](COP(=O)(O)OC[C@@H](O)COP(=O)(O)OC[C@@H](COC(=O)CCCCCCCCC/C=C\CCCCCC)OC(=O)CCCCCCC/C=C\CCCCCCCC)OC(=O)CCCCCCCCCCCCCCC. The molecular weight excluding hydrogens is 1280 g/mol. The van der Waals surface area contributed by atoms with Gasteiger partial charge in [0.25, 0.3) is 0 Å². The molecule has 17 nitrogen and oxygen atoms in total. The quantitative estimate of drug-likeness (QED) is 0.0169. The van der Waals surface area contributed by atoms with E-state index in [1.807, 2.05) is 0 Å². The lowest BCUT2D eigenvalue weighted by molar-refractivity contribution is -0.161. The molecule has 3 N–H and O–H groups in total. The molecule has 0 amide bonds. The third kappa shape index (κ3) is 71.4. The second-order valence-corrected chi connectivity index (χ2v) is 29.9.